The zero-order valence-electron chi connectivity index (χ0n) is 9.92. The largest absolute Gasteiger partial charge is 0.308 e. The van der Waals surface area contributed by atoms with Crippen LogP contribution < -0.4 is 5.32 Å². The summed E-state index contributed by atoms with van der Waals surface area (Å²) in [4.78, 5) is 0. The molecule has 0 amide bonds. The topological polar surface area (TPSA) is 29.9 Å². The Morgan fingerprint density at radius 2 is 2.06 bits per heavy atom. The van der Waals surface area contributed by atoms with Crippen LogP contribution in [0.5, 0.6) is 0 Å². The Hall–Kier alpha value is -1.10. The van der Waals surface area contributed by atoms with Gasteiger partial charge < -0.3 is 5.32 Å². The van der Waals surface area contributed by atoms with Crippen LogP contribution in [0, 0.1) is 5.82 Å². The molecule has 1 N–H and O–H groups in total. The van der Waals surface area contributed by atoms with Crippen LogP contribution in [0.1, 0.15) is 17.3 Å². The maximum absolute atomic E-state index is 13.5. The van der Waals surface area contributed by atoms with E-state index in [0.29, 0.717) is 5.02 Å². The lowest BCUT2D eigenvalue weighted by Gasteiger charge is -2.18. The summed E-state index contributed by atoms with van der Waals surface area (Å²) < 4.78 is 15.2. The van der Waals surface area contributed by atoms with E-state index in [9.17, 15) is 4.39 Å². The summed E-state index contributed by atoms with van der Waals surface area (Å²) in [5.41, 5.74) is 1.52. The van der Waals surface area contributed by atoms with E-state index < -0.39 is 5.82 Å². The summed E-state index contributed by atoms with van der Waals surface area (Å²) in [5, 5.41) is 7.81. The highest BCUT2D eigenvalue weighted by Gasteiger charge is 2.20. The molecule has 1 atom stereocenters. The highest BCUT2D eigenvalue weighted by atomic mass is 35.5. The van der Waals surface area contributed by atoms with Gasteiger partial charge in [0.25, 0.3) is 0 Å². The second-order valence-corrected chi connectivity index (χ2v) is 4.71. The lowest BCUT2D eigenvalue weighted by Crippen LogP contribution is -2.21. The monoisotopic (exact) mass is 287 g/mol. The van der Waals surface area contributed by atoms with E-state index in [1.807, 2.05) is 0 Å². The molecular weight excluding hydrogens is 276 g/mol. The summed E-state index contributed by atoms with van der Waals surface area (Å²) >= 11 is 11.8. The third-order valence-electron chi connectivity index (χ3n) is 2.78. The molecule has 0 radical (unpaired) electrons. The van der Waals surface area contributed by atoms with Crippen molar-refractivity contribution in [1.82, 2.24) is 15.1 Å². The van der Waals surface area contributed by atoms with Gasteiger partial charge in [0, 0.05) is 7.05 Å². The third-order valence-corrected chi connectivity index (χ3v) is 3.37. The Morgan fingerprint density at radius 3 is 2.56 bits per heavy atom. The fourth-order valence-electron chi connectivity index (χ4n) is 1.90. The predicted molar refractivity (Wildman–Crippen MR) is 70.5 cm³/mol. The van der Waals surface area contributed by atoms with Crippen LogP contribution in [0.3, 0.4) is 0 Å². The van der Waals surface area contributed by atoms with Crippen molar-refractivity contribution in [3.8, 4) is 0 Å². The maximum atomic E-state index is 13.5. The van der Waals surface area contributed by atoms with E-state index in [4.69, 9.17) is 23.2 Å². The van der Waals surface area contributed by atoms with Gasteiger partial charge in [0.05, 0.1) is 28.0 Å². The third kappa shape index (κ3) is 2.36. The minimum atomic E-state index is -0.451. The second-order valence-electron chi connectivity index (χ2n) is 3.90. The van der Waals surface area contributed by atoms with Crippen molar-refractivity contribution in [2.75, 3.05) is 7.05 Å². The lowest BCUT2D eigenvalue weighted by atomic mass is 10.0. The van der Waals surface area contributed by atoms with Crippen LogP contribution in [-0.4, -0.2) is 16.8 Å². The smallest absolute Gasteiger partial charge is 0.142 e. The van der Waals surface area contributed by atoms with Gasteiger partial charge in [0.2, 0.25) is 0 Å². The van der Waals surface area contributed by atoms with Gasteiger partial charge in [0.1, 0.15) is 5.82 Å². The highest BCUT2D eigenvalue weighted by Crippen LogP contribution is 2.29. The molecule has 0 aliphatic rings. The van der Waals surface area contributed by atoms with E-state index in [1.54, 1.807) is 31.0 Å². The van der Waals surface area contributed by atoms with E-state index in [1.165, 1.54) is 12.1 Å². The first-order valence-corrected chi connectivity index (χ1v) is 6.09. The van der Waals surface area contributed by atoms with Gasteiger partial charge in [-0.15, -0.1) is 0 Å². The average Bonchev–Trinajstić information content (AvgIpc) is 2.66. The minimum absolute atomic E-state index is 0.102. The molecule has 96 valence electrons. The minimum Gasteiger partial charge on any atom is -0.308 e. The number of aromatic nitrogens is 2. The van der Waals surface area contributed by atoms with E-state index in [0.717, 1.165) is 11.3 Å². The number of hydrogen-bond acceptors (Lipinski definition) is 2. The van der Waals surface area contributed by atoms with Gasteiger partial charge in [-0.3, -0.25) is 4.68 Å². The van der Waals surface area contributed by atoms with Gasteiger partial charge >= 0.3 is 0 Å². The summed E-state index contributed by atoms with van der Waals surface area (Å²) in [6.45, 7) is 0. The number of nitrogens with zero attached hydrogens (tertiary/aromatic N) is 2. The van der Waals surface area contributed by atoms with Crippen LogP contribution >= 0.6 is 23.2 Å². The molecular formula is C12H12Cl2FN3. The number of halogens is 3. The van der Waals surface area contributed by atoms with Gasteiger partial charge in [0.15, 0.2) is 0 Å². The number of nitrogens with one attached hydrogen (secondary N) is 1. The summed E-state index contributed by atoms with van der Waals surface area (Å²) in [6, 6.07) is 4.44. The standard InChI is InChI=1S/C12H12Cl2FN3/c1-16-11(12-9(14)6-17-18(12)2)7-3-4-8(13)10(15)5-7/h3-6,11,16H,1-2H3. The molecule has 1 unspecified atom stereocenters. The Bertz CT molecular complexity index is 549. The normalized spacial score (nSPS) is 12.7. The van der Waals surface area contributed by atoms with Crippen molar-refractivity contribution < 1.29 is 4.39 Å². The Balaban J connectivity index is 2.48. The molecule has 3 nitrogen and oxygen atoms in total. The first-order chi connectivity index (χ1) is 8.54. The number of rotatable bonds is 3. The average molecular weight is 288 g/mol. The van der Waals surface area contributed by atoms with Crippen molar-refractivity contribution in [3.05, 3.63) is 51.5 Å². The first-order valence-electron chi connectivity index (χ1n) is 5.34. The van der Waals surface area contributed by atoms with Crippen molar-refractivity contribution in [2.24, 2.45) is 7.05 Å². The molecule has 0 bridgehead atoms. The molecule has 0 spiro atoms. The SMILES string of the molecule is CNC(c1ccc(Cl)c(F)c1)c1c(Cl)cnn1C. The second kappa shape index (κ2) is 5.26. The van der Waals surface area contributed by atoms with Crippen molar-refractivity contribution in [1.29, 1.82) is 0 Å². The van der Waals surface area contributed by atoms with Crippen molar-refractivity contribution in [3.63, 3.8) is 0 Å². The Kier molecular flexibility index (Phi) is 3.90. The molecule has 0 aliphatic carbocycles. The molecule has 0 saturated heterocycles. The van der Waals surface area contributed by atoms with Crippen molar-refractivity contribution in [2.45, 2.75) is 6.04 Å². The molecule has 2 rings (SSSR count). The van der Waals surface area contributed by atoms with Crippen LogP contribution in [0.15, 0.2) is 24.4 Å². The molecule has 1 aromatic carbocycles. The predicted octanol–water partition coefficient (Wildman–Crippen LogP) is 3.17. The summed E-state index contributed by atoms with van der Waals surface area (Å²) in [6.07, 6.45) is 1.56. The molecule has 1 aromatic heterocycles. The number of benzene rings is 1. The van der Waals surface area contributed by atoms with Gasteiger partial charge in [-0.25, -0.2) is 4.39 Å². The first kappa shape index (κ1) is 13.3. The number of hydrogen-bond donors (Lipinski definition) is 1. The molecule has 0 saturated carbocycles. The van der Waals surface area contributed by atoms with E-state index >= 15 is 0 Å². The summed E-state index contributed by atoms with van der Waals surface area (Å²) in [7, 11) is 3.57. The van der Waals surface area contributed by atoms with E-state index in [2.05, 4.69) is 10.4 Å². The Labute approximate surface area is 115 Å². The van der Waals surface area contributed by atoms with Crippen LogP contribution in [0.4, 0.5) is 4.39 Å². The fraction of sp³-hybridized carbons (Fsp3) is 0.250. The molecule has 1 heterocycles. The molecule has 0 aliphatic heterocycles. The van der Waals surface area contributed by atoms with E-state index in [-0.39, 0.29) is 11.1 Å². The Morgan fingerprint density at radius 1 is 1.33 bits per heavy atom. The summed E-state index contributed by atoms with van der Waals surface area (Å²) in [5.74, 6) is -0.451. The molecule has 2 aromatic rings. The van der Waals surface area contributed by atoms with Gasteiger partial charge in [-0.2, -0.15) is 5.10 Å². The zero-order valence-corrected chi connectivity index (χ0v) is 11.4. The molecule has 0 fully saturated rings. The zero-order chi connectivity index (χ0) is 13.3. The molecule has 18 heavy (non-hydrogen) atoms. The van der Waals surface area contributed by atoms with Crippen LogP contribution in [0.25, 0.3) is 0 Å². The highest BCUT2D eigenvalue weighted by molar-refractivity contribution is 6.31. The quantitative estimate of drug-likeness (QED) is 0.940. The maximum Gasteiger partial charge on any atom is 0.142 e. The van der Waals surface area contributed by atoms with Crippen molar-refractivity contribution >= 4 is 23.2 Å². The van der Waals surface area contributed by atoms with Crippen LogP contribution in [-0.2, 0) is 7.05 Å². The van der Waals surface area contributed by atoms with Gasteiger partial charge in [-0.1, -0.05) is 29.3 Å². The van der Waals surface area contributed by atoms with Crippen LogP contribution in [0.2, 0.25) is 10.0 Å². The lowest BCUT2D eigenvalue weighted by molar-refractivity contribution is 0.591. The molecule has 6 heteroatoms. The van der Waals surface area contributed by atoms with Gasteiger partial charge in [-0.05, 0) is 24.7 Å². The fourth-order valence-corrected chi connectivity index (χ4v) is 2.29. The number of aryl methyl sites for hydroxylation is 1.